The second kappa shape index (κ2) is 5.97. The van der Waals surface area contributed by atoms with E-state index in [1.807, 2.05) is 37.3 Å². The number of benzene rings is 1. The van der Waals surface area contributed by atoms with Gasteiger partial charge in [0.05, 0.1) is 18.6 Å². The number of rotatable bonds is 5. The molecule has 2 amide bonds. The third-order valence-electron chi connectivity index (χ3n) is 3.51. The molecule has 0 unspecified atom stereocenters. The maximum absolute atomic E-state index is 12.2. The van der Waals surface area contributed by atoms with E-state index in [9.17, 15) is 14.7 Å². The molecule has 0 bridgehead atoms. The molecule has 4 nitrogen and oxygen atoms in total. The summed E-state index contributed by atoms with van der Waals surface area (Å²) in [6, 6.07) is 9.42. The van der Waals surface area contributed by atoms with Crippen molar-refractivity contribution in [2.24, 2.45) is 5.92 Å². The predicted molar refractivity (Wildman–Crippen MR) is 71.0 cm³/mol. The van der Waals surface area contributed by atoms with Gasteiger partial charge in [-0.1, -0.05) is 43.7 Å². The van der Waals surface area contributed by atoms with E-state index in [-0.39, 0.29) is 18.2 Å². The average Bonchev–Trinajstić information content (AvgIpc) is 2.68. The maximum atomic E-state index is 12.2. The van der Waals surface area contributed by atoms with Crippen molar-refractivity contribution in [3.63, 3.8) is 0 Å². The van der Waals surface area contributed by atoms with Gasteiger partial charge in [-0.25, -0.2) is 0 Å². The fourth-order valence-electron chi connectivity index (χ4n) is 2.44. The van der Waals surface area contributed by atoms with Gasteiger partial charge in [-0.3, -0.25) is 14.5 Å². The van der Waals surface area contributed by atoms with Gasteiger partial charge in [-0.2, -0.15) is 0 Å². The number of amides is 2. The topological polar surface area (TPSA) is 57.6 Å². The molecule has 1 aromatic carbocycles. The molecular weight excluding hydrogens is 242 g/mol. The molecule has 102 valence electrons. The summed E-state index contributed by atoms with van der Waals surface area (Å²) >= 11 is 0. The number of aliphatic hydroxyl groups is 1. The minimum atomic E-state index is -0.706. The molecule has 1 aliphatic rings. The molecule has 4 heteroatoms. The van der Waals surface area contributed by atoms with Crippen LogP contribution < -0.4 is 0 Å². The van der Waals surface area contributed by atoms with E-state index in [1.54, 1.807) is 0 Å². The lowest BCUT2D eigenvalue weighted by atomic mass is 9.97. The first-order valence-corrected chi connectivity index (χ1v) is 6.69. The van der Waals surface area contributed by atoms with E-state index in [2.05, 4.69) is 0 Å². The molecule has 0 aliphatic carbocycles. The van der Waals surface area contributed by atoms with Gasteiger partial charge in [0.1, 0.15) is 0 Å². The Balaban J connectivity index is 2.06. The summed E-state index contributed by atoms with van der Waals surface area (Å²) in [5.74, 6) is -0.986. The Labute approximate surface area is 113 Å². The van der Waals surface area contributed by atoms with Crippen molar-refractivity contribution >= 4 is 11.8 Å². The van der Waals surface area contributed by atoms with Crippen molar-refractivity contribution in [2.45, 2.75) is 38.8 Å². The molecule has 2 rings (SSSR count). The first-order chi connectivity index (χ1) is 9.13. The van der Waals surface area contributed by atoms with Crippen molar-refractivity contribution in [2.75, 3.05) is 0 Å². The van der Waals surface area contributed by atoms with Crippen LogP contribution in [-0.4, -0.2) is 27.9 Å². The lowest BCUT2D eigenvalue weighted by Crippen LogP contribution is -2.33. The van der Waals surface area contributed by atoms with Crippen molar-refractivity contribution in [3.8, 4) is 0 Å². The lowest BCUT2D eigenvalue weighted by molar-refractivity contribution is -0.141. The smallest absolute Gasteiger partial charge is 0.235 e. The summed E-state index contributed by atoms with van der Waals surface area (Å²) in [7, 11) is 0. The van der Waals surface area contributed by atoms with Crippen molar-refractivity contribution in [3.05, 3.63) is 35.9 Å². The van der Waals surface area contributed by atoms with Gasteiger partial charge in [0, 0.05) is 6.42 Å². The third kappa shape index (κ3) is 3.01. The number of hydrogen-bond donors (Lipinski definition) is 1. The van der Waals surface area contributed by atoms with Crippen LogP contribution in [0.1, 0.15) is 31.7 Å². The minimum absolute atomic E-state index is 0.132. The highest BCUT2D eigenvalue weighted by Gasteiger charge is 2.41. The monoisotopic (exact) mass is 261 g/mol. The Morgan fingerprint density at radius 3 is 2.63 bits per heavy atom. The molecule has 1 aromatic rings. The lowest BCUT2D eigenvalue weighted by Gasteiger charge is -2.17. The molecule has 1 heterocycles. The van der Waals surface area contributed by atoms with Crippen LogP contribution in [0.25, 0.3) is 0 Å². The summed E-state index contributed by atoms with van der Waals surface area (Å²) in [6.07, 6.45) is 0.787. The Hall–Kier alpha value is -1.68. The number of aliphatic hydroxyl groups excluding tert-OH is 1. The van der Waals surface area contributed by atoms with Crippen LogP contribution in [0.3, 0.4) is 0 Å². The van der Waals surface area contributed by atoms with Crippen LogP contribution in [0.2, 0.25) is 0 Å². The summed E-state index contributed by atoms with van der Waals surface area (Å²) in [5.41, 5.74) is 0.926. The summed E-state index contributed by atoms with van der Waals surface area (Å²) in [5, 5.41) is 9.92. The van der Waals surface area contributed by atoms with Gasteiger partial charge in [0.15, 0.2) is 0 Å². The van der Waals surface area contributed by atoms with E-state index in [4.69, 9.17) is 0 Å². The number of carbonyl (C=O) groups is 2. The van der Waals surface area contributed by atoms with Crippen LogP contribution >= 0.6 is 0 Å². The molecule has 0 saturated carbocycles. The zero-order valence-electron chi connectivity index (χ0n) is 11.1. The third-order valence-corrected chi connectivity index (χ3v) is 3.51. The number of likely N-dealkylation sites (tertiary alicyclic amines) is 1. The van der Waals surface area contributed by atoms with Gasteiger partial charge >= 0.3 is 0 Å². The highest BCUT2D eigenvalue weighted by atomic mass is 16.3. The predicted octanol–water partition coefficient (Wildman–Crippen LogP) is 1.72. The van der Waals surface area contributed by atoms with Gasteiger partial charge in [0.2, 0.25) is 11.8 Å². The Kier molecular flexibility index (Phi) is 4.32. The van der Waals surface area contributed by atoms with E-state index >= 15 is 0 Å². The van der Waals surface area contributed by atoms with E-state index in [0.717, 1.165) is 12.0 Å². The zero-order chi connectivity index (χ0) is 13.8. The fourth-order valence-corrected chi connectivity index (χ4v) is 2.44. The van der Waals surface area contributed by atoms with E-state index < -0.39 is 12.0 Å². The number of imide groups is 1. The highest BCUT2D eigenvalue weighted by molar-refractivity contribution is 6.03. The van der Waals surface area contributed by atoms with Gasteiger partial charge < -0.3 is 5.11 Å². The van der Waals surface area contributed by atoms with E-state index in [1.165, 1.54) is 4.90 Å². The van der Waals surface area contributed by atoms with Crippen molar-refractivity contribution in [1.29, 1.82) is 0 Å². The normalized spacial score (nSPS) is 20.9. The maximum Gasteiger partial charge on any atom is 0.235 e. The zero-order valence-corrected chi connectivity index (χ0v) is 11.1. The van der Waals surface area contributed by atoms with Gasteiger partial charge in [-0.15, -0.1) is 0 Å². The van der Waals surface area contributed by atoms with Crippen LogP contribution in [0.5, 0.6) is 0 Å². The molecular formula is C15H19NO3. The first kappa shape index (κ1) is 13.7. The SMILES string of the molecule is CCC[C@H](O)[C@@H]1CC(=O)N(Cc2ccccc2)C1=O. The van der Waals surface area contributed by atoms with Crippen LogP contribution in [-0.2, 0) is 16.1 Å². The minimum Gasteiger partial charge on any atom is -0.392 e. The van der Waals surface area contributed by atoms with Crippen molar-refractivity contribution in [1.82, 2.24) is 4.90 Å². The largest absolute Gasteiger partial charge is 0.392 e. The Morgan fingerprint density at radius 2 is 2.00 bits per heavy atom. The van der Waals surface area contributed by atoms with Gasteiger partial charge in [-0.05, 0) is 12.0 Å². The Bertz CT molecular complexity index is 458. The molecule has 1 aliphatic heterocycles. The molecule has 0 radical (unpaired) electrons. The number of nitrogens with zero attached hydrogens (tertiary/aromatic N) is 1. The molecule has 1 saturated heterocycles. The number of hydrogen-bond acceptors (Lipinski definition) is 3. The molecule has 2 atom stereocenters. The first-order valence-electron chi connectivity index (χ1n) is 6.69. The summed E-state index contributed by atoms with van der Waals surface area (Å²) in [6.45, 7) is 2.25. The second-order valence-corrected chi connectivity index (χ2v) is 4.97. The second-order valence-electron chi connectivity index (χ2n) is 4.97. The highest BCUT2D eigenvalue weighted by Crippen LogP contribution is 2.26. The summed E-state index contributed by atoms with van der Waals surface area (Å²) < 4.78 is 0. The summed E-state index contributed by atoms with van der Waals surface area (Å²) in [4.78, 5) is 25.3. The fraction of sp³-hybridized carbons (Fsp3) is 0.467. The van der Waals surface area contributed by atoms with Crippen molar-refractivity contribution < 1.29 is 14.7 Å². The van der Waals surface area contributed by atoms with Crippen LogP contribution in [0.15, 0.2) is 30.3 Å². The van der Waals surface area contributed by atoms with Gasteiger partial charge in [0.25, 0.3) is 0 Å². The number of carbonyl (C=O) groups excluding carboxylic acids is 2. The molecule has 1 N–H and O–H groups in total. The molecule has 0 spiro atoms. The standard InChI is InChI=1S/C15H19NO3/c1-2-6-13(17)12-9-14(18)16(15(12)19)10-11-7-4-3-5-8-11/h3-5,7-8,12-13,17H,2,6,9-10H2,1H3/t12-,13-/m0/s1. The molecule has 0 aromatic heterocycles. The quantitative estimate of drug-likeness (QED) is 0.821. The van der Waals surface area contributed by atoms with Crippen LogP contribution in [0.4, 0.5) is 0 Å². The average molecular weight is 261 g/mol. The van der Waals surface area contributed by atoms with Crippen LogP contribution in [0, 0.1) is 5.92 Å². The van der Waals surface area contributed by atoms with E-state index in [0.29, 0.717) is 13.0 Å². The Morgan fingerprint density at radius 1 is 1.32 bits per heavy atom. The molecule has 19 heavy (non-hydrogen) atoms. The molecule has 1 fully saturated rings.